The first-order valence-corrected chi connectivity index (χ1v) is 5.26. The Morgan fingerprint density at radius 2 is 2.00 bits per heavy atom. The van der Waals surface area contributed by atoms with Crippen LogP contribution < -0.4 is 10.5 Å². The van der Waals surface area contributed by atoms with Crippen molar-refractivity contribution in [1.29, 1.82) is 0 Å². The van der Waals surface area contributed by atoms with Crippen LogP contribution in [0.3, 0.4) is 0 Å². The van der Waals surface area contributed by atoms with E-state index in [0.717, 1.165) is 12.1 Å². The maximum atomic E-state index is 12.9. The predicted octanol–water partition coefficient (Wildman–Crippen LogP) is 2.89. The molecule has 1 aromatic carbocycles. The van der Waals surface area contributed by atoms with Gasteiger partial charge in [-0.1, -0.05) is 0 Å². The number of hydrogen-bond acceptors (Lipinski definition) is 4. The number of ether oxygens (including phenoxy) is 1. The molecule has 1 aromatic heterocycles. The molecule has 0 aliphatic carbocycles. The third-order valence-electron chi connectivity index (χ3n) is 1.84. The number of nitrogens with zero attached hydrogens (tertiary/aromatic N) is 2. The molecule has 0 fully saturated rings. The number of nitrogens with two attached hydrogens (primary N) is 1. The second-order valence-electron chi connectivity index (χ2n) is 3.06. The molecule has 88 valence electrons. The number of aromatic nitrogens is 2. The lowest BCUT2D eigenvalue weighted by atomic mass is 10.3. The maximum absolute atomic E-state index is 12.9. The van der Waals surface area contributed by atoms with Crippen molar-refractivity contribution in [3.05, 3.63) is 40.5 Å². The van der Waals surface area contributed by atoms with Crippen molar-refractivity contribution in [3.63, 3.8) is 0 Å². The molecule has 0 aliphatic heterocycles. The fourth-order valence-corrected chi connectivity index (χ4v) is 1.36. The van der Waals surface area contributed by atoms with Crippen LogP contribution in [0, 0.1) is 11.6 Å². The summed E-state index contributed by atoms with van der Waals surface area (Å²) in [7, 11) is 0. The second kappa shape index (κ2) is 4.62. The highest BCUT2D eigenvalue weighted by molar-refractivity contribution is 9.10. The zero-order valence-corrected chi connectivity index (χ0v) is 9.91. The van der Waals surface area contributed by atoms with Crippen molar-refractivity contribution in [3.8, 4) is 11.6 Å². The molecule has 0 bridgehead atoms. The van der Waals surface area contributed by atoms with E-state index in [4.69, 9.17) is 10.5 Å². The lowest BCUT2D eigenvalue weighted by Gasteiger charge is -2.06. The Bertz CT molecular complexity index is 565. The van der Waals surface area contributed by atoms with Crippen molar-refractivity contribution in [2.24, 2.45) is 0 Å². The fraction of sp³-hybridized carbons (Fsp3) is 0. The molecule has 4 nitrogen and oxygen atoms in total. The molecular weight excluding hydrogens is 296 g/mol. The van der Waals surface area contributed by atoms with Gasteiger partial charge in [0.05, 0.1) is 10.7 Å². The summed E-state index contributed by atoms with van der Waals surface area (Å²) in [5.74, 6) is -1.68. The highest BCUT2D eigenvalue weighted by Gasteiger charge is 2.08. The minimum atomic E-state index is -0.999. The number of rotatable bonds is 2. The summed E-state index contributed by atoms with van der Waals surface area (Å²) in [5, 5.41) is 0. The minimum Gasteiger partial charge on any atom is -0.438 e. The topological polar surface area (TPSA) is 61.0 Å². The number of hydrogen-bond donors (Lipinski definition) is 1. The van der Waals surface area contributed by atoms with Crippen LogP contribution in [0.2, 0.25) is 0 Å². The van der Waals surface area contributed by atoms with Gasteiger partial charge in [-0.2, -0.15) is 4.98 Å². The average Bonchev–Trinajstić information content (AvgIpc) is 2.29. The second-order valence-corrected chi connectivity index (χ2v) is 3.91. The zero-order valence-electron chi connectivity index (χ0n) is 8.32. The summed E-state index contributed by atoms with van der Waals surface area (Å²) in [6.07, 6.45) is 1.40. The Morgan fingerprint density at radius 3 is 2.71 bits per heavy atom. The monoisotopic (exact) mass is 301 g/mol. The summed E-state index contributed by atoms with van der Waals surface area (Å²) in [6.45, 7) is 0. The molecule has 17 heavy (non-hydrogen) atoms. The molecule has 2 N–H and O–H groups in total. The van der Waals surface area contributed by atoms with E-state index in [9.17, 15) is 8.78 Å². The van der Waals surface area contributed by atoms with Crippen LogP contribution in [0.1, 0.15) is 0 Å². The summed E-state index contributed by atoms with van der Waals surface area (Å²) in [5.41, 5.74) is 5.38. The van der Waals surface area contributed by atoms with Gasteiger partial charge in [-0.25, -0.2) is 13.8 Å². The van der Waals surface area contributed by atoms with Gasteiger partial charge < -0.3 is 10.5 Å². The van der Waals surface area contributed by atoms with Gasteiger partial charge in [-0.05, 0) is 28.1 Å². The fourth-order valence-electron chi connectivity index (χ4n) is 1.09. The molecule has 0 atom stereocenters. The van der Waals surface area contributed by atoms with Gasteiger partial charge in [0.2, 0.25) is 11.8 Å². The summed E-state index contributed by atoms with van der Waals surface area (Å²) in [6, 6.07) is 3.16. The van der Waals surface area contributed by atoms with Crippen molar-refractivity contribution >= 4 is 21.9 Å². The van der Waals surface area contributed by atoms with Crippen LogP contribution in [-0.4, -0.2) is 9.97 Å². The Morgan fingerprint density at radius 1 is 1.24 bits per heavy atom. The minimum absolute atomic E-state index is 0.0192. The van der Waals surface area contributed by atoms with Crippen LogP contribution in [0.25, 0.3) is 0 Å². The average molecular weight is 302 g/mol. The third kappa shape index (κ3) is 2.68. The van der Waals surface area contributed by atoms with Gasteiger partial charge in [0.1, 0.15) is 5.75 Å². The van der Waals surface area contributed by atoms with Gasteiger partial charge in [0.15, 0.2) is 11.6 Å². The molecule has 2 rings (SSSR count). The number of nitrogen functional groups attached to an aromatic ring is 1. The molecule has 0 amide bonds. The quantitative estimate of drug-likeness (QED) is 0.926. The molecule has 0 radical (unpaired) electrons. The van der Waals surface area contributed by atoms with E-state index in [2.05, 4.69) is 25.9 Å². The molecule has 0 unspecified atom stereocenters. The van der Waals surface area contributed by atoms with Crippen molar-refractivity contribution < 1.29 is 13.5 Å². The lowest BCUT2D eigenvalue weighted by molar-refractivity contribution is 0.445. The molecule has 0 saturated heterocycles. The lowest BCUT2D eigenvalue weighted by Crippen LogP contribution is -1.97. The third-order valence-corrected chi connectivity index (χ3v) is 2.38. The molecule has 0 aliphatic rings. The predicted molar refractivity (Wildman–Crippen MR) is 60.6 cm³/mol. The van der Waals surface area contributed by atoms with E-state index in [1.807, 2.05) is 0 Å². The van der Waals surface area contributed by atoms with Crippen LogP contribution in [0.15, 0.2) is 28.9 Å². The highest BCUT2D eigenvalue weighted by Crippen LogP contribution is 2.28. The number of benzene rings is 1. The van der Waals surface area contributed by atoms with E-state index in [1.54, 1.807) is 0 Å². The molecule has 2 aromatic rings. The van der Waals surface area contributed by atoms with E-state index < -0.39 is 11.6 Å². The van der Waals surface area contributed by atoms with Gasteiger partial charge >= 0.3 is 0 Å². The molecule has 7 heteroatoms. The zero-order chi connectivity index (χ0) is 12.4. The van der Waals surface area contributed by atoms with Crippen molar-refractivity contribution in [1.82, 2.24) is 9.97 Å². The summed E-state index contributed by atoms with van der Waals surface area (Å²) < 4.78 is 31.3. The van der Waals surface area contributed by atoms with E-state index in [-0.39, 0.29) is 17.6 Å². The van der Waals surface area contributed by atoms with E-state index >= 15 is 0 Å². The van der Waals surface area contributed by atoms with E-state index in [1.165, 1.54) is 12.3 Å². The van der Waals surface area contributed by atoms with Gasteiger partial charge in [-0.15, -0.1) is 0 Å². The number of anilines is 1. The molecular formula is C10H6BrF2N3O. The number of halogens is 3. The Kier molecular flexibility index (Phi) is 3.19. The van der Waals surface area contributed by atoms with Gasteiger partial charge in [-0.3, -0.25) is 0 Å². The Balaban J connectivity index is 2.31. The molecule has 0 spiro atoms. The molecule has 0 saturated carbocycles. The van der Waals surface area contributed by atoms with Crippen LogP contribution >= 0.6 is 15.9 Å². The molecule has 1 heterocycles. The standard InChI is InChI=1S/C10H6BrF2N3O/c11-6-4-15-10(14)16-9(6)17-5-1-2-7(12)8(13)3-5/h1-4H,(H2,14,15,16). The van der Waals surface area contributed by atoms with Crippen LogP contribution in [0.5, 0.6) is 11.6 Å². The Labute approximate surface area is 104 Å². The normalized spacial score (nSPS) is 10.3. The highest BCUT2D eigenvalue weighted by atomic mass is 79.9. The van der Waals surface area contributed by atoms with Crippen molar-refractivity contribution in [2.45, 2.75) is 0 Å². The van der Waals surface area contributed by atoms with Crippen LogP contribution in [-0.2, 0) is 0 Å². The van der Waals surface area contributed by atoms with Crippen molar-refractivity contribution in [2.75, 3.05) is 5.73 Å². The first-order chi connectivity index (χ1) is 8.06. The first-order valence-electron chi connectivity index (χ1n) is 4.47. The summed E-state index contributed by atoms with van der Waals surface area (Å²) >= 11 is 3.15. The first kappa shape index (κ1) is 11.7. The smallest absolute Gasteiger partial charge is 0.238 e. The van der Waals surface area contributed by atoms with Gasteiger partial charge in [0.25, 0.3) is 0 Å². The summed E-state index contributed by atoms with van der Waals surface area (Å²) in [4.78, 5) is 7.52. The largest absolute Gasteiger partial charge is 0.438 e. The Hall–Kier alpha value is -1.76. The van der Waals surface area contributed by atoms with E-state index in [0.29, 0.717) is 4.47 Å². The van der Waals surface area contributed by atoms with Gasteiger partial charge in [0, 0.05) is 6.07 Å². The SMILES string of the molecule is Nc1ncc(Br)c(Oc2ccc(F)c(F)c2)n1. The van der Waals surface area contributed by atoms with Crippen LogP contribution in [0.4, 0.5) is 14.7 Å². The maximum Gasteiger partial charge on any atom is 0.238 e.